The second-order valence-electron chi connectivity index (χ2n) is 5.01. The first-order chi connectivity index (χ1) is 9.92. The third kappa shape index (κ3) is 2.57. The number of hydrogen-bond acceptors (Lipinski definition) is 4. The van der Waals surface area contributed by atoms with Gasteiger partial charge in [-0.25, -0.2) is 9.78 Å². The lowest BCUT2D eigenvalue weighted by molar-refractivity contribution is 0.700. The number of imidazole rings is 1. The van der Waals surface area contributed by atoms with Gasteiger partial charge in [-0.05, 0) is 6.42 Å². The summed E-state index contributed by atoms with van der Waals surface area (Å²) in [7, 11) is 3.11. The Morgan fingerprint density at radius 3 is 2.57 bits per heavy atom. The van der Waals surface area contributed by atoms with E-state index in [0.717, 1.165) is 16.1 Å². The van der Waals surface area contributed by atoms with E-state index in [1.807, 2.05) is 4.57 Å². The van der Waals surface area contributed by atoms with Gasteiger partial charge in [0.25, 0.3) is 5.56 Å². The Bertz CT molecular complexity index is 800. The van der Waals surface area contributed by atoms with E-state index in [0.29, 0.717) is 23.0 Å². The molecule has 0 unspecified atom stereocenters. The lowest BCUT2D eigenvalue weighted by Gasteiger charge is -2.09. The highest BCUT2D eigenvalue weighted by molar-refractivity contribution is 7.99. The summed E-state index contributed by atoms with van der Waals surface area (Å²) in [5, 5.41) is 1.13. The summed E-state index contributed by atoms with van der Waals surface area (Å²) in [6, 6.07) is 0. The molecule has 1 atom stereocenters. The Kier molecular flexibility index (Phi) is 4.41. The average molecular weight is 308 g/mol. The van der Waals surface area contributed by atoms with E-state index in [9.17, 15) is 9.59 Å². The second kappa shape index (κ2) is 5.93. The Morgan fingerprint density at radius 1 is 1.33 bits per heavy atom. The minimum atomic E-state index is -0.365. The van der Waals surface area contributed by atoms with Gasteiger partial charge >= 0.3 is 5.69 Å². The predicted molar refractivity (Wildman–Crippen MR) is 86.0 cm³/mol. The topological polar surface area (TPSA) is 61.8 Å². The molecular formula is C14H20N4O2S. The fraction of sp³-hybridized carbons (Fsp3) is 0.500. The van der Waals surface area contributed by atoms with Crippen LogP contribution in [0, 0.1) is 0 Å². The van der Waals surface area contributed by atoms with Crippen LogP contribution >= 0.6 is 11.8 Å². The molecule has 21 heavy (non-hydrogen) atoms. The molecule has 0 radical (unpaired) electrons. The zero-order valence-corrected chi connectivity index (χ0v) is 13.6. The van der Waals surface area contributed by atoms with Crippen LogP contribution in [0.5, 0.6) is 0 Å². The van der Waals surface area contributed by atoms with Crippen LogP contribution in [0.4, 0.5) is 0 Å². The molecule has 2 aromatic heterocycles. The molecule has 0 fully saturated rings. The molecule has 2 aromatic rings. The molecule has 2 heterocycles. The standard InChI is InChI=1S/C14H20N4O2S/c1-6-8-18-10-11(15-13(18)21-9(3)7-2)16(4)14(20)17(5)12(10)19/h6,9H,1,7-8H2,2-5H3/t9-/m0/s1. The first kappa shape index (κ1) is 15.6. The largest absolute Gasteiger partial charge is 0.332 e. The summed E-state index contributed by atoms with van der Waals surface area (Å²) in [5.41, 5.74) is 0.190. The van der Waals surface area contributed by atoms with Crippen LogP contribution in [0.25, 0.3) is 11.2 Å². The quantitative estimate of drug-likeness (QED) is 0.620. The molecule has 0 saturated heterocycles. The maximum absolute atomic E-state index is 12.4. The zero-order chi connectivity index (χ0) is 15.7. The number of fused-ring (bicyclic) bond motifs is 1. The molecule has 0 bridgehead atoms. The molecule has 0 N–H and O–H groups in total. The van der Waals surface area contributed by atoms with Gasteiger partial charge in [-0.2, -0.15) is 0 Å². The Balaban J connectivity index is 2.83. The average Bonchev–Trinajstić information content (AvgIpc) is 2.82. The normalized spacial score (nSPS) is 12.8. The zero-order valence-electron chi connectivity index (χ0n) is 12.8. The first-order valence-electron chi connectivity index (χ1n) is 6.86. The number of thioether (sulfide) groups is 1. The van der Waals surface area contributed by atoms with Gasteiger partial charge in [0, 0.05) is 25.9 Å². The number of rotatable bonds is 5. The molecule has 0 aliphatic heterocycles. The van der Waals surface area contributed by atoms with Gasteiger partial charge < -0.3 is 4.57 Å². The van der Waals surface area contributed by atoms with E-state index >= 15 is 0 Å². The minimum absolute atomic E-state index is 0.321. The van der Waals surface area contributed by atoms with Crippen molar-refractivity contribution >= 4 is 22.9 Å². The van der Waals surface area contributed by atoms with Gasteiger partial charge in [0.1, 0.15) is 0 Å². The molecular weight excluding hydrogens is 288 g/mol. The summed E-state index contributed by atoms with van der Waals surface area (Å²) < 4.78 is 4.36. The highest BCUT2D eigenvalue weighted by Gasteiger charge is 2.19. The van der Waals surface area contributed by atoms with Crippen LogP contribution in [-0.4, -0.2) is 23.9 Å². The van der Waals surface area contributed by atoms with Crippen LogP contribution in [-0.2, 0) is 20.6 Å². The number of nitrogens with zero attached hydrogens (tertiary/aromatic N) is 4. The lowest BCUT2D eigenvalue weighted by atomic mass is 10.4. The predicted octanol–water partition coefficient (Wildman–Crippen LogP) is 1.51. The Labute approximate surface area is 127 Å². The van der Waals surface area contributed by atoms with Crippen molar-refractivity contribution in [1.29, 1.82) is 0 Å². The molecule has 0 saturated carbocycles. The van der Waals surface area contributed by atoms with E-state index in [4.69, 9.17) is 0 Å². The van der Waals surface area contributed by atoms with Gasteiger partial charge in [0.05, 0.1) is 0 Å². The van der Waals surface area contributed by atoms with E-state index in [-0.39, 0.29) is 11.2 Å². The third-order valence-electron chi connectivity index (χ3n) is 3.51. The van der Waals surface area contributed by atoms with Crippen molar-refractivity contribution in [2.45, 2.75) is 37.2 Å². The van der Waals surface area contributed by atoms with Crippen molar-refractivity contribution in [3.05, 3.63) is 33.5 Å². The van der Waals surface area contributed by atoms with Gasteiger partial charge in [-0.3, -0.25) is 13.9 Å². The number of aryl methyl sites for hydroxylation is 1. The van der Waals surface area contributed by atoms with Crippen LogP contribution in [0.1, 0.15) is 20.3 Å². The molecule has 114 valence electrons. The summed E-state index contributed by atoms with van der Waals surface area (Å²) in [5.74, 6) is 0. The second-order valence-corrected chi connectivity index (χ2v) is 6.41. The number of aromatic nitrogens is 4. The highest BCUT2D eigenvalue weighted by Crippen LogP contribution is 2.26. The van der Waals surface area contributed by atoms with E-state index < -0.39 is 0 Å². The summed E-state index contributed by atoms with van der Waals surface area (Å²) >= 11 is 1.61. The third-order valence-corrected chi connectivity index (χ3v) is 4.76. The number of hydrogen-bond donors (Lipinski definition) is 0. The van der Waals surface area contributed by atoms with Gasteiger partial charge in [0.2, 0.25) is 0 Å². The maximum Gasteiger partial charge on any atom is 0.332 e. The van der Waals surface area contributed by atoms with E-state index in [2.05, 4.69) is 25.4 Å². The van der Waals surface area contributed by atoms with Crippen LogP contribution in [0.3, 0.4) is 0 Å². The molecule has 0 aromatic carbocycles. The van der Waals surface area contributed by atoms with Gasteiger partial charge in [-0.15, -0.1) is 6.58 Å². The monoisotopic (exact) mass is 308 g/mol. The molecule has 7 heteroatoms. The molecule has 0 spiro atoms. The lowest BCUT2D eigenvalue weighted by Crippen LogP contribution is -2.37. The smallest absolute Gasteiger partial charge is 0.309 e. The van der Waals surface area contributed by atoms with Crippen molar-refractivity contribution in [2.24, 2.45) is 14.1 Å². The molecule has 6 nitrogen and oxygen atoms in total. The Morgan fingerprint density at radius 2 is 2.00 bits per heavy atom. The molecule has 0 aliphatic carbocycles. The first-order valence-corrected chi connectivity index (χ1v) is 7.74. The summed E-state index contributed by atoms with van der Waals surface area (Å²) in [4.78, 5) is 28.9. The summed E-state index contributed by atoms with van der Waals surface area (Å²) in [6.45, 7) is 8.44. The Hall–Kier alpha value is -1.76. The molecule has 0 amide bonds. The van der Waals surface area contributed by atoms with Crippen molar-refractivity contribution in [1.82, 2.24) is 18.7 Å². The maximum atomic E-state index is 12.4. The molecule has 0 aliphatic rings. The summed E-state index contributed by atoms with van der Waals surface area (Å²) in [6.07, 6.45) is 2.73. The molecule has 2 rings (SSSR count). The van der Waals surface area contributed by atoms with Crippen molar-refractivity contribution < 1.29 is 0 Å². The van der Waals surface area contributed by atoms with E-state index in [1.165, 1.54) is 11.6 Å². The SMILES string of the molecule is C=CCn1c(S[C@@H](C)CC)nc2c1c(=O)n(C)c(=O)n2C. The highest BCUT2D eigenvalue weighted by atomic mass is 32.2. The van der Waals surface area contributed by atoms with Gasteiger partial charge in [-0.1, -0.05) is 31.7 Å². The fourth-order valence-corrected chi connectivity index (χ4v) is 3.04. The van der Waals surface area contributed by atoms with Crippen molar-refractivity contribution in [3.8, 4) is 0 Å². The van der Waals surface area contributed by atoms with Crippen LogP contribution in [0.15, 0.2) is 27.4 Å². The van der Waals surface area contributed by atoms with Crippen molar-refractivity contribution in [3.63, 3.8) is 0 Å². The van der Waals surface area contributed by atoms with Crippen molar-refractivity contribution in [2.75, 3.05) is 0 Å². The van der Waals surface area contributed by atoms with Gasteiger partial charge in [0.15, 0.2) is 16.3 Å². The van der Waals surface area contributed by atoms with E-state index in [1.54, 1.807) is 24.9 Å². The van der Waals surface area contributed by atoms with Crippen LogP contribution in [0.2, 0.25) is 0 Å². The number of allylic oxidation sites excluding steroid dienone is 1. The minimum Gasteiger partial charge on any atom is -0.309 e. The van der Waals surface area contributed by atoms with Crippen LogP contribution < -0.4 is 11.2 Å². The fourth-order valence-electron chi connectivity index (χ4n) is 2.08.